The Hall–Kier alpha value is -2.38. The van der Waals surface area contributed by atoms with E-state index in [1.165, 1.54) is 12.1 Å². The molecule has 0 bridgehead atoms. The lowest BCUT2D eigenvalue weighted by Gasteiger charge is -2.05. The van der Waals surface area contributed by atoms with E-state index in [9.17, 15) is 4.39 Å². The first-order valence-corrected chi connectivity index (χ1v) is 6.29. The summed E-state index contributed by atoms with van der Waals surface area (Å²) in [5.41, 5.74) is 1.64. The maximum Gasteiger partial charge on any atom is 0.226 e. The summed E-state index contributed by atoms with van der Waals surface area (Å²) >= 11 is 0. The molecule has 2 aromatic rings. The Morgan fingerprint density at radius 2 is 1.80 bits per heavy atom. The van der Waals surface area contributed by atoms with Gasteiger partial charge in [0.05, 0.1) is 5.56 Å². The van der Waals surface area contributed by atoms with Gasteiger partial charge in [-0.05, 0) is 42.3 Å². The first-order chi connectivity index (χ1) is 9.67. The number of hydrogen-bond acceptors (Lipinski definition) is 3. The highest BCUT2D eigenvalue weighted by Gasteiger charge is 2.36. The second-order valence-electron chi connectivity index (χ2n) is 4.66. The van der Waals surface area contributed by atoms with Gasteiger partial charge in [0.1, 0.15) is 23.7 Å². The van der Waals surface area contributed by atoms with Gasteiger partial charge in [0.15, 0.2) is 0 Å². The third-order valence-corrected chi connectivity index (χ3v) is 3.18. The summed E-state index contributed by atoms with van der Waals surface area (Å²) in [5.74, 6) is 0.211. The zero-order valence-electron chi connectivity index (χ0n) is 10.8. The summed E-state index contributed by atoms with van der Waals surface area (Å²) in [6.45, 7) is 1.94. The lowest BCUT2D eigenvalue weighted by Crippen LogP contribution is -2.00. The Bertz CT molecular complexity index is 676. The molecule has 0 aliphatic carbocycles. The van der Waals surface area contributed by atoms with E-state index in [4.69, 9.17) is 14.7 Å². The number of rotatable bonds is 3. The van der Waals surface area contributed by atoms with Crippen molar-refractivity contribution in [1.29, 1.82) is 5.26 Å². The molecule has 0 spiro atoms. The van der Waals surface area contributed by atoms with Gasteiger partial charge in [0.25, 0.3) is 0 Å². The third-order valence-electron chi connectivity index (χ3n) is 3.18. The summed E-state index contributed by atoms with van der Waals surface area (Å²) in [6.07, 6.45) is -0.0181. The Labute approximate surface area is 116 Å². The molecule has 0 saturated carbocycles. The molecule has 1 aliphatic rings. The molecule has 4 heteroatoms. The maximum atomic E-state index is 13.6. The highest BCUT2D eigenvalue weighted by atomic mass is 19.1. The normalized spacial score (nSPS) is 20.2. The van der Waals surface area contributed by atoms with Gasteiger partial charge < -0.3 is 9.47 Å². The predicted molar refractivity (Wildman–Crippen MR) is 71.5 cm³/mol. The van der Waals surface area contributed by atoms with Gasteiger partial charge in [0, 0.05) is 0 Å². The minimum atomic E-state index is -0.509. The van der Waals surface area contributed by atoms with Crippen LogP contribution >= 0.6 is 0 Å². The molecular weight excluding hydrogens is 257 g/mol. The van der Waals surface area contributed by atoms with Crippen molar-refractivity contribution >= 4 is 0 Å². The molecule has 1 saturated heterocycles. The SMILES string of the molecule is CC1OC1Oc1ccc(-c2ccc(C#N)c(F)c2)cc1. The van der Waals surface area contributed by atoms with Crippen molar-refractivity contribution in [2.45, 2.75) is 19.3 Å². The van der Waals surface area contributed by atoms with Crippen LogP contribution in [-0.4, -0.2) is 12.4 Å². The average molecular weight is 269 g/mol. The minimum absolute atomic E-state index is 0.0496. The fourth-order valence-corrected chi connectivity index (χ4v) is 1.94. The number of halogens is 1. The zero-order valence-corrected chi connectivity index (χ0v) is 10.8. The van der Waals surface area contributed by atoms with Crippen LogP contribution in [0.1, 0.15) is 12.5 Å². The van der Waals surface area contributed by atoms with Crippen LogP contribution in [-0.2, 0) is 4.74 Å². The van der Waals surface area contributed by atoms with Crippen LogP contribution in [0.5, 0.6) is 5.75 Å². The summed E-state index contributed by atoms with van der Waals surface area (Å²) < 4.78 is 24.3. The summed E-state index contributed by atoms with van der Waals surface area (Å²) in [4.78, 5) is 0. The molecule has 3 rings (SSSR count). The van der Waals surface area contributed by atoms with E-state index in [1.54, 1.807) is 12.1 Å². The van der Waals surface area contributed by atoms with Crippen LogP contribution in [0.3, 0.4) is 0 Å². The smallest absolute Gasteiger partial charge is 0.226 e. The molecule has 1 heterocycles. The molecule has 1 aliphatic heterocycles. The Morgan fingerprint density at radius 3 is 2.35 bits per heavy atom. The molecule has 0 radical (unpaired) electrons. The van der Waals surface area contributed by atoms with E-state index in [2.05, 4.69) is 0 Å². The third kappa shape index (κ3) is 2.49. The monoisotopic (exact) mass is 269 g/mol. The number of epoxide rings is 1. The van der Waals surface area contributed by atoms with Crippen LogP contribution in [0.15, 0.2) is 42.5 Å². The van der Waals surface area contributed by atoms with Gasteiger partial charge in [-0.15, -0.1) is 0 Å². The van der Waals surface area contributed by atoms with Gasteiger partial charge in [-0.2, -0.15) is 5.26 Å². The van der Waals surface area contributed by atoms with Crippen molar-refractivity contribution in [3.05, 3.63) is 53.8 Å². The Morgan fingerprint density at radius 1 is 1.15 bits per heavy atom. The molecule has 2 unspecified atom stereocenters. The quantitative estimate of drug-likeness (QED) is 0.801. The lowest BCUT2D eigenvalue weighted by molar-refractivity contribution is 0.178. The molecular formula is C16H12FNO2. The second-order valence-corrected chi connectivity index (χ2v) is 4.66. The number of nitriles is 1. The molecule has 2 aromatic carbocycles. The van der Waals surface area contributed by atoms with Crippen LogP contribution in [0.4, 0.5) is 4.39 Å². The zero-order chi connectivity index (χ0) is 14.1. The van der Waals surface area contributed by atoms with Crippen molar-refractivity contribution in [2.24, 2.45) is 0 Å². The molecule has 20 heavy (non-hydrogen) atoms. The molecule has 3 nitrogen and oxygen atoms in total. The van der Waals surface area contributed by atoms with Crippen molar-refractivity contribution in [3.63, 3.8) is 0 Å². The number of ether oxygens (including phenoxy) is 2. The predicted octanol–water partition coefficient (Wildman–Crippen LogP) is 3.49. The first kappa shape index (κ1) is 12.6. The maximum absolute atomic E-state index is 13.6. The Kier molecular flexibility index (Phi) is 3.13. The van der Waals surface area contributed by atoms with Crippen LogP contribution in [0.25, 0.3) is 11.1 Å². The molecule has 2 atom stereocenters. The van der Waals surface area contributed by atoms with Gasteiger partial charge in [-0.25, -0.2) is 4.39 Å². The summed E-state index contributed by atoms with van der Waals surface area (Å²) in [7, 11) is 0. The standard InChI is InChI=1S/C16H12FNO2/c1-10-16(19-10)20-14-6-4-11(5-7-14)12-2-3-13(9-18)15(17)8-12/h2-8,10,16H,1H3. The van der Waals surface area contributed by atoms with Crippen molar-refractivity contribution in [3.8, 4) is 22.9 Å². The Balaban J connectivity index is 1.80. The van der Waals surface area contributed by atoms with Gasteiger partial charge >= 0.3 is 0 Å². The van der Waals surface area contributed by atoms with E-state index in [0.29, 0.717) is 0 Å². The average Bonchev–Trinajstić information content (AvgIpc) is 3.15. The fourth-order valence-electron chi connectivity index (χ4n) is 1.94. The van der Waals surface area contributed by atoms with Crippen LogP contribution < -0.4 is 4.74 Å². The minimum Gasteiger partial charge on any atom is -0.462 e. The lowest BCUT2D eigenvalue weighted by atomic mass is 10.0. The van der Waals surface area contributed by atoms with E-state index in [0.717, 1.165) is 16.9 Å². The van der Waals surface area contributed by atoms with Crippen molar-refractivity contribution in [1.82, 2.24) is 0 Å². The highest BCUT2D eigenvalue weighted by molar-refractivity contribution is 5.65. The van der Waals surface area contributed by atoms with Gasteiger partial charge in [-0.3, -0.25) is 0 Å². The molecule has 100 valence electrons. The van der Waals surface area contributed by atoms with Gasteiger partial charge in [0.2, 0.25) is 6.29 Å². The molecule has 0 amide bonds. The molecule has 0 aromatic heterocycles. The van der Waals surface area contributed by atoms with Crippen LogP contribution in [0.2, 0.25) is 0 Å². The highest BCUT2D eigenvalue weighted by Crippen LogP contribution is 2.28. The van der Waals surface area contributed by atoms with Gasteiger partial charge in [-0.1, -0.05) is 18.2 Å². The van der Waals surface area contributed by atoms with E-state index < -0.39 is 5.82 Å². The summed E-state index contributed by atoms with van der Waals surface area (Å²) in [6, 6.07) is 13.7. The molecule has 0 N–H and O–H groups in total. The number of nitrogens with zero attached hydrogens (tertiary/aromatic N) is 1. The van der Waals surface area contributed by atoms with E-state index >= 15 is 0 Å². The van der Waals surface area contributed by atoms with Crippen LogP contribution in [0, 0.1) is 17.1 Å². The number of benzene rings is 2. The van der Waals surface area contributed by atoms with E-state index in [-0.39, 0.29) is 18.0 Å². The second kappa shape index (κ2) is 4.95. The first-order valence-electron chi connectivity index (χ1n) is 6.29. The fraction of sp³-hybridized carbons (Fsp3) is 0.188. The molecule has 1 fully saturated rings. The van der Waals surface area contributed by atoms with E-state index in [1.807, 2.05) is 31.2 Å². The topological polar surface area (TPSA) is 45.5 Å². The van der Waals surface area contributed by atoms with Crippen molar-refractivity contribution < 1.29 is 13.9 Å². The van der Waals surface area contributed by atoms with Crippen molar-refractivity contribution in [2.75, 3.05) is 0 Å². The summed E-state index contributed by atoms with van der Waals surface area (Å²) in [5, 5.41) is 8.71. The number of hydrogen-bond donors (Lipinski definition) is 0. The largest absolute Gasteiger partial charge is 0.462 e.